The van der Waals surface area contributed by atoms with Crippen LogP contribution in [0.2, 0.25) is 0 Å². The van der Waals surface area contributed by atoms with Crippen molar-refractivity contribution in [1.82, 2.24) is 15.0 Å². The zero-order valence-corrected chi connectivity index (χ0v) is 14.4. The monoisotopic (exact) mass is 342 g/mol. The van der Waals surface area contributed by atoms with E-state index >= 15 is 0 Å². The first-order chi connectivity index (χ1) is 12.7. The average molecular weight is 342 g/mol. The van der Waals surface area contributed by atoms with Crippen LogP contribution in [0.5, 0.6) is 0 Å². The molecule has 0 saturated heterocycles. The second-order valence-corrected chi connectivity index (χ2v) is 6.15. The normalized spacial score (nSPS) is 10.8. The molecule has 2 N–H and O–H groups in total. The smallest absolute Gasteiger partial charge is 0.159 e. The van der Waals surface area contributed by atoms with Gasteiger partial charge >= 0.3 is 0 Å². The summed E-state index contributed by atoms with van der Waals surface area (Å²) >= 11 is 0. The molecule has 0 aliphatic carbocycles. The number of Topliss-reactive ketones (excluding diaryl/α,β-unsaturated/α-hetero) is 1. The molecule has 5 heteroatoms. The predicted octanol–water partition coefficient (Wildman–Crippen LogP) is 4.44. The summed E-state index contributed by atoms with van der Waals surface area (Å²) in [5.74, 6) is 0.827. The van der Waals surface area contributed by atoms with Gasteiger partial charge in [-0.25, -0.2) is 4.98 Å². The van der Waals surface area contributed by atoms with Gasteiger partial charge in [0.25, 0.3) is 0 Å². The summed E-state index contributed by atoms with van der Waals surface area (Å²) in [7, 11) is 0. The van der Waals surface area contributed by atoms with Gasteiger partial charge in [0.15, 0.2) is 5.78 Å². The van der Waals surface area contributed by atoms with Crippen molar-refractivity contribution < 1.29 is 4.79 Å². The number of hydrogen-bond acceptors (Lipinski definition) is 4. The van der Waals surface area contributed by atoms with Gasteiger partial charge in [-0.1, -0.05) is 24.3 Å². The summed E-state index contributed by atoms with van der Waals surface area (Å²) < 4.78 is 0. The fourth-order valence-electron chi connectivity index (χ4n) is 2.97. The lowest BCUT2D eigenvalue weighted by Gasteiger charge is -2.10. The van der Waals surface area contributed by atoms with E-state index in [1.807, 2.05) is 60.9 Å². The first kappa shape index (κ1) is 16.0. The van der Waals surface area contributed by atoms with Crippen LogP contribution in [0, 0.1) is 0 Å². The molecular weight excluding hydrogens is 324 g/mol. The minimum absolute atomic E-state index is 0.0566. The molecule has 0 atom stereocenters. The summed E-state index contributed by atoms with van der Waals surface area (Å²) in [4.78, 5) is 23.7. The van der Waals surface area contributed by atoms with Crippen LogP contribution in [0.3, 0.4) is 0 Å². The maximum absolute atomic E-state index is 11.7. The molecule has 26 heavy (non-hydrogen) atoms. The third-order valence-electron chi connectivity index (χ3n) is 4.31. The van der Waals surface area contributed by atoms with Crippen LogP contribution in [0.25, 0.3) is 22.2 Å². The summed E-state index contributed by atoms with van der Waals surface area (Å²) in [5, 5.41) is 4.38. The molecule has 0 fully saturated rings. The number of pyridine rings is 2. The highest BCUT2D eigenvalue weighted by Gasteiger charge is 2.10. The molecular formula is C21H18N4O. The van der Waals surface area contributed by atoms with Crippen molar-refractivity contribution in [2.45, 2.75) is 13.5 Å². The van der Waals surface area contributed by atoms with E-state index in [4.69, 9.17) is 0 Å². The highest BCUT2D eigenvalue weighted by molar-refractivity contribution is 5.98. The van der Waals surface area contributed by atoms with Crippen LogP contribution in [0.4, 0.5) is 5.82 Å². The van der Waals surface area contributed by atoms with Gasteiger partial charge in [0, 0.05) is 36.1 Å². The molecule has 5 nitrogen and oxygen atoms in total. The molecule has 4 rings (SSSR count). The average Bonchev–Trinajstić information content (AvgIpc) is 3.15. The minimum Gasteiger partial charge on any atom is -0.366 e. The van der Waals surface area contributed by atoms with Gasteiger partial charge in [-0.05, 0) is 47.9 Å². The minimum atomic E-state index is 0.0566. The zero-order chi connectivity index (χ0) is 17.9. The van der Waals surface area contributed by atoms with Crippen LogP contribution in [0.1, 0.15) is 22.8 Å². The lowest BCUT2D eigenvalue weighted by atomic mass is 10.00. The number of fused-ring (bicyclic) bond motifs is 1. The van der Waals surface area contributed by atoms with Gasteiger partial charge in [0.05, 0.1) is 0 Å². The number of anilines is 1. The second-order valence-electron chi connectivity index (χ2n) is 6.15. The quantitative estimate of drug-likeness (QED) is 0.526. The van der Waals surface area contributed by atoms with Crippen molar-refractivity contribution in [2.75, 3.05) is 5.32 Å². The maximum Gasteiger partial charge on any atom is 0.159 e. The SMILES string of the molecule is CC(=O)c1cccc(-c2cc(NCc3cccnc3)nc3[nH]ccc23)c1. The Morgan fingerprint density at radius 1 is 1.15 bits per heavy atom. The van der Waals surface area contributed by atoms with Gasteiger partial charge in [0.2, 0.25) is 0 Å². The Morgan fingerprint density at radius 2 is 2.08 bits per heavy atom. The first-order valence-corrected chi connectivity index (χ1v) is 8.43. The molecule has 3 aromatic heterocycles. The lowest BCUT2D eigenvalue weighted by Crippen LogP contribution is -2.02. The van der Waals surface area contributed by atoms with E-state index in [-0.39, 0.29) is 5.78 Å². The molecule has 4 aromatic rings. The second kappa shape index (κ2) is 6.80. The van der Waals surface area contributed by atoms with Crippen LogP contribution < -0.4 is 5.32 Å². The molecule has 0 spiro atoms. The first-order valence-electron chi connectivity index (χ1n) is 8.43. The van der Waals surface area contributed by atoms with E-state index < -0.39 is 0 Å². The molecule has 0 aliphatic heterocycles. The van der Waals surface area contributed by atoms with Gasteiger partial charge in [-0.3, -0.25) is 9.78 Å². The molecule has 0 unspecified atom stereocenters. The van der Waals surface area contributed by atoms with E-state index in [2.05, 4.69) is 20.3 Å². The summed E-state index contributed by atoms with van der Waals surface area (Å²) in [5.41, 5.74) is 4.63. The Morgan fingerprint density at radius 3 is 2.88 bits per heavy atom. The number of H-pyrrole nitrogens is 1. The van der Waals surface area contributed by atoms with Gasteiger partial charge in [0.1, 0.15) is 11.5 Å². The number of ketones is 1. The third kappa shape index (κ3) is 3.19. The van der Waals surface area contributed by atoms with E-state index in [1.165, 1.54) is 0 Å². The molecule has 0 bridgehead atoms. The van der Waals surface area contributed by atoms with Crippen LogP contribution in [-0.4, -0.2) is 20.7 Å². The third-order valence-corrected chi connectivity index (χ3v) is 4.31. The standard InChI is InChI=1S/C21H18N4O/c1-14(26)16-5-2-6-17(10-16)19-11-20(25-21-18(19)7-9-23-21)24-13-15-4-3-8-22-12-15/h2-12H,13H2,1H3,(H2,23,24,25). The predicted molar refractivity (Wildman–Crippen MR) is 103 cm³/mol. The van der Waals surface area contributed by atoms with Crippen molar-refractivity contribution >= 4 is 22.6 Å². The van der Waals surface area contributed by atoms with Gasteiger partial charge in [-0.2, -0.15) is 0 Å². The molecule has 128 valence electrons. The maximum atomic E-state index is 11.7. The summed E-state index contributed by atoms with van der Waals surface area (Å²) in [6, 6.07) is 15.6. The Hall–Kier alpha value is -3.47. The Bertz CT molecular complexity index is 1070. The van der Waals surface area contributed by atoms with Gasteiger partial charge in [-0.15, -0.1) is 0 Å². The van der Waals surface area contributed by atoms with E-state index in [0.717, 1.165) is 33.5 Å². The van der Waals surface area contributed by atoms with Crippen LogP contribution >= 0.6 is 0 Å². The van der Waals surface area contributed by atoms with E-state index in [9.17, 15) is 4.79 Å². The topological polar surface area (TPSA) is 70.7 Å². The molecule has 0 amide bonds. The fourth-order valence-corrected chi connectivity index (χ4v) is 2.97. The molecule has 0 radical (unpaired) electrons. The van der Waals surface area contributed by atoms with Crippen molar-refractivity contribution in [3.8, 4) is 11.1 Å². The number of carbonyl (C=O) groups excluding carboxylic acids is 1. The Labute approximate surface area is 151 Å². The Balaban J connectivity index is 1.73. The van der Waals surface area contributed by atoms with Crippen LogP contribution in [0.15, 0.2) is 67.1 Å². The molecule has 1 aromatic carbocycles. The highest BCUT2D eigenvalue weighted by Crippen LogP contribution is 2.30. The number of aromatic nitrogens is 3. The van der Waals surface area contributed by atoms with Crippen molar-refractivity contribution in [1.29, 1.82) is 0 Å². The molecule has 3 heterocycles. The lowest BCUT2D eigenvalue weighted by molar-refractivity contribution is 0.101. The summed E-state index contributed by atoms with van der Waals surface area (Å²) in [6.45, 7) is 2.22. The Kier molecular flexibility index (Phi) is 4.19. The number of aromatic amines is 1. The summed E-state index contributed by atoms with van der Waals surface area (Å²) in [6.07, 6.45) is 5.46. The number of nitrogens with zero attached hydrogens (tertiary/aromatic N) is 2. The number of carbonyl (C=O) groups is 1. The van der Waals surface area contributed by atoms with E-state index in [1.54, 1.807) is 13.1 Å². The largest absolute Gasteiger partial charge is 0.366 e. The molecule has 0 aliphatic rings. The van der Waals surface area contributed by atoms with E-state index in [0.29, 0.717) is 12.1 Å². The number of benzene rings is 1. The molecule has 0 saturated carbocycles. The number of rotatable bonds is 5. The zero-order valence-electron chi connectivity index (χ0n) is 14.4. The highest BCUT2D eigenvalue weighted by atomic mass is 16.1. The van der Waals surface area contributed by atoms with Crippen LogP contribution in [-0.2, 0) is 6.54 Å². The fraction of sp³-hybridized carbons (Fsp3) is 0.0952. The number of nitrogens with one attached hydrogen (secondary N) is 2. The number of hydrogen-bond donors (Lipinski definition) is 2. The van der Waals surface area contributed by atoms with Gasteiger partial charge < -0.3 is 10.3 Å². The van der Waals surface area contributed by atoms with Crippen molar-refractivity contribution in [2.24, 2.45) is 0 Å². The van der Waals surface area contributed by atoms with Crippen molar-refractivity contribution in [3.05, 3.63) is 78.2 Å². The van der Waals surface area contributed by atoms with Crippen molar-refractivity contribution in [3.63, 3.8) is 0 Å².